The van der Waals surface area contributed by atoms with E-state index in [0.717, 1.165) is 49.4 Å². The lowest BCUT2D eigenvalue weighted by Crippen LogP contribution is -2.36. The van der Waals surface area contributed by atoms with E-state index in [9.17, 15) is 8.42 Å². The van der Waals surface area contributed by atoms with Gasteiger partial charge < -0.3 is 5.32 Å². The van der Waals surface area contributed by atoms with Crippen molar-refractivity contribution < 1.29 is 8.42 Å². The number of hydrogen-bond donors (Lipinski definition) is 2. The summed E-state index contributed by atoms with van der Waals surface area (Å²) in [5, 5.41) is 5.21. The Labute approximate surface area is 129 Å². The molecule has 1 saturated heterocycles. The van der Waals surface area contributed by atoms with Crippen LogP contribution in [0.25, 0.3) is 0 Å². The minimum absolute atomic E-state index is 0.102. The number of nitrogens with one attached hydrogen (secondary N) is 2. The molecular formula is C13H22N2O2S3. The van der Waals surface area contributed by atoms with Gasteiger partial charge in [0.25, 0.3) is 0 Å². The van der Waals surface area contributed by atoms with Gasteiger partial charge in [-0.05, 0) is 54.3 Å². The molecule has 0 bridgehead atoms. The summed E-state index contributed by atoms with van der Waals surface area (Å²) in [5.41, 5.74) is 1.04. The fraction of sp³-hybridized carbons (Fsp3) is 0.692. The molecule has 114 valence electrons. The normalized spacial score (nSPS) is 17.4. The van der Waals surface area contributed by atoms with Crippen LogP contribution >= 0.6 is 23.1 Å². The molecule has 1 aliphatic heterocycles. The van der Waals surface area contributed by atoms with Crippen molar-refractivity contribution in [1.29, 1.82) is 0 Å². The van der Waals surface area contributed by atoms with Crippen LogP contribution in [0, 0.1) is 0 Å². The Kier molecular flexibility index (Phi) is 6.35. The lowest BCUT2D eigenvalue weighted by molar-refractivity contribution is 0.530. The summed E-state index contributed by atoms with van der Waals surface area (Å²) in [5.74, 6) is 2.09. The average molecular weight is 335 g/mol. The fourth-order valence-electron chi connectivity index (χ4n) is 2.09. The van der Waals surface area contributed by atoms with E-state index in [1.807, 2.05) is 17.1 Å². The second-order valence-corrected chi connectivity index (χ2v) is 9.04. The highest BCUT2D eigenvalue weighted by atomic mass is 32.2. The minimum Gasteiger partial charge on any atom is -0.313 e. The van der Waals surface area contributed by atoms with Crippen LogP contribution in [-0.2, 0) is 16.6 Å². The third-order valence-electron chi connectivity index (χ3n) is 3.19. The van der Waals surface area contributed by atoms with Gasteiger partial charge in [0.1, 0.15) is 4.21 Å². The molecule has 4 nitrogen and oxygen atoms in total. The smallest absolute Gasteiger partial charge is 0.250 e. The van der Waals surface area contributed by atoms with Gasteiger partial charge in [0.05, 0.1) is 0 Å². The summed E-state index contributed by atoms with van der Waals surface area (Å²) in [6.07, 6.45) is 2.94. The molecule has 1 aromatic heterocycles. The maximum atomic E-state index is 12.3. The van der Waals surface area contributed by atoms with Crippen LogP contribution in [0.5, 0.6) is 0 Å². The van der Waals surface area contributed by atoms with E-state index >= 15 is 0 Å². The number of hydrogen-bond acceptors (Lipinski definition) is 5. The zero-order chi connectivity index (χ0) is 14.4. The molecule has 0 amide bonds. The number of rotatable bonds is 7. The summed E-state index contributed by atoms with van der Waals surface area (Å²) in [6.45, 7) is 3.80. The number of thioether (sulfide) groups is 1. The van der Waals surface area contributed by atoms with E-state index in [-0.39, 0.29) is 6.04 Å². The Bertz CT molecular complexity index is 507. The van der Waals surface area contributed by atoms with Gasteiger partial charge in [0.2, 0.25) is 10.0 Å². The first-order valence-electron chi connectivity index (χ1n) is 7.00. The van der Waals surface area contributed by atoms with Crippen molar-refractivity contribution in [2.75, 3.05) is 18.1 Å². The van der Waals surface area contributed by atoms with E-state index in [0.29, 0.717) is 4.21 Å². The van der Waals surface area contributed by atoms with Gasteiger partial charge in [-0.2, -0.15) is 11.8 Å². The highest BCUT2D eigenvalue weighted by molar-refractivity contribution is 7.99. The lowest BCUT2D eigenvalue weighted by Gasteiger charge is -2.21. The van der Waals surface area contributed by atoms with Crippen LogP contribution in [0.4, 0.5) is 0 Å². The molecule has 2 N–H and O–H groups in total. The van der Waals surface area contributed by atoms with E-state index in [2.05, 4.69) is 17.0 Å². The largest absolute Gasteiger partial charge is 0.313 e. The Morgan fingerprint density at radius 1 is 1.35 bits per heavy atom. The second kappa shape index (κ2) is 7.79. The van der Waals surface area contributed by atoms with Crippen molar-refractivity contribution in [1.82, 2.24) is 10.0 Å². The molecular weight excluding hydrogens is 312 g/mol. The molecule has 2 heterocycles. The van der Waals surface area contributed by atoms with Crippen molar-refractivity contribution in [3.63, 3.8) is 0 Å². The molecule has 0 spiro atoms. The van der Waals surface area contributed by atoms with Gasteiger partial charge in [-0.3, -0.25) is 0 Å². The van der Waals surface area contributed by atoms with E-state index < -0.39 is 10.0 Å². The summed E-state index contributed by atoms with van der Waals surface area (Å²) < 4.78 is 27.9. The van der Waals surface area contributed by atoms with Crippen molar-refractivity contribution in [2.24, 2.45) is 0 Å². The van der Waals surface area contributed by atoms with Gasteiger partial charge in [-0.1, -0.05) is 6.92 Å². The van der Waals surface area contributed by atoms with Gasteiger partial charge in [-0.15, -0.1) is 11.3 Å². The third kappa shape index (κ3) is 4.73. The Hall–Kier alpha value is -0.0800. The molecule has 0 radical (unpaired) electrons. The second-order valence-electron chi connectivity index (χ2n) is 4.96. The molecule has 1 fully saturated rings. The lowest BCUT2D eigenvalue weighted by atomic mass is 10.2. The Balaban J connectivity index is 1.94. The zero-order valence-electron chi connectivity index (χ0n) is 11.7. The third-order valence-corrected chi connectivity index (χ3v) is 7.25. The summed E-state index contributed by atoms with van der Waals surface area (Å²) in [6, 6.07) is 1.89. The van der Waals surface area contributed by atoms with E-state index in [1.54, 1.807) is 6.07 Å². The average Bonchev–Trinajstić information content (AvgIpc) is 2.89. The minimum atomic E-state index is -3.34. The summed E-state index contributed by atoms with van der Waals surface area (Å²) >= 11 is 3.20. The van der Waals surface area contributed by atoms with Crippen LogP contribution in [0.2, 0.25) is 0 Å². The van der Waals surface area contributed by atoms with Crippen molar-refractivity contribution in [3.05, 3.63) is 17.0 Å². The zero-order valence-corrected chi connectivity index (χ0v) is 14.2. The van der Waals surface area contributed by atoms with Crippen molar-refractivity contribution in [2.45, 2.75) is 43.0 Å². The molecule has 20 heavy (non-hydrogen) atoms. The Morgan fingerprint density at radius 3 is 2.80 bits per heavy atom. The summed E-state index contributed by atoms with van der Waals surface area (Å²) in [7, 11) is -3.34. The molecule has 2 rings (SSSR count). The van der Waals surface area contributed by atoms with Gasteiger partial charge in [-0.25, -0.2) is 13.1 Å². The number of sulfonamides is 1. The molecule has 7 heteroatoms. The monoisotopic (exact) mass is 334 g/mol. The van der Waals surface area contributed by atoms with Crippen molar-refractivity contribution in [3.8, 4) is 0 Å². The molecule has 0 unspecified atom stereocenters. The van der Waals surface area contributed by atoms with Crippen LogP contribution < -0.4 is 10.0 Å². The maximum Gasteiger partial charge on any atom is 0.250 e. The van der Waals surface area contributed by atoms with E-state index in [4.69, 9.17) is 0 Å². The predicted octanol–water partition coefficient (Wildman–Crippen LogP) is 2.42. The predicted molar refractivity (Wildman–Crippen MR) is 87.0 cm³/mol. The van der Waals surface area contributed by atoms with Crippen molar-refractivity contribution >= 4 is 33.1 Å². The molecule has 0 saturated carbocycles. The molecule has 1 aliphatic rings. The molecule has 1 aromatic rings. The fourth-order valence-corrected chi connectivity index (χ4v) is 5.73. The first-order chi connectivity index (χ1) is 9.62. The first kappa shape index (κ1) is 16.3. The van der Waals surface area contributed by atoms with Crippen LogP contribution in [0.3, 0.4) is 0 Å². The quantitative estimate of drug-likeness (QED) is 0.752. The van der Waals surface area contributed by atoms with Crippen LogP contribution in [0.15, 0.2) is 15.7 Å². The van der Waals surface area contributed by atoms with Gasteiger partial charge >= 0.3 is 0 Å². The van der Waals surface area contributed by atoms with Crippen LogP contribution in [0.1, 0.15) is 31.7 Å². The van der Waals surface area contributed by atoms with Crippen LogP contribution in [-0.4, -0.2) is 32.5 Å². The first-order valence-corrected chi connectivity index (χ1v) is 10.5. The number of thiophene rings is 1. The standard InChI is InChI=1S/C13H22N2O2S3/c1-2-5-14-9-11-8-13(19-10-11)20(16,17)15-12-3-6-18-7-4-12/h8,10,12,14-15H,2-7,9H2,1H3. The molecule has 0 aliphatic carbocycles. The SMILES string of the molecule is CCCNCc1csc(S(=O)(=O)NC2CCSCC2)c1. The maximum absolute atomic E-state index is 12.3. The van der Waals surface area contributed by atoms with Gasteiger partial charge in [0.15, 0.2) is 0 Å². The van der Waals surface area contributed by atoms with E-state index in [1.165, 1.54) is 11.3 Å². The highest BCUT2D eigenvalue weighted by Gasteiger charge is 2.23. The molecule has 0 aromatic carbocycles. The molecule has 0 atom stereocenters. The Morgan fingerprint density at radius 2 is 2.10 bits per heavy atom. The summed E-state index contributed by atoms with van der Waals surface area (Å²) in [4.78, 5) is 0. The topological polar surface area (TPSA) is 58.2 Å². The van der Waals surface area contributed by atoms with Gasteiger partial charge in [0, 0.05) is 12.6 Å². The highest BCUT2D eigenvalue weighted by Crippen LogP contribution is 2.23.